The first-order valence-corrected chi connectivity index (χ1v) is 24.7. The van der Waals surface area contributed by atoms with Gasteiger partial charge in [-0.2, -0.15) is 0 Å². The van der Waals surface area contributed by atoms with E-state index in [9.17, 15) is 0 Å². The Labute approximate surface area is 408 Å². The maximum absolute atomic E-state index is 5.08. The number of aliphatic imine (C=N–C) groups is 1. The summed E-state index contributed by atoms with van der Waals surface area (Å²) < 4.78 is 0. The Morgan fingerprint density at radius 3 is 1.48 bits per heavy atom. The SMILES string of the molecule is C1CCC(P(C2CCCCC2)C2CCCCC2)CC1.CC(=Nc1ccccc1)c1cccc([C@@]2(Nc3ccccc3)C[C@@H]2c2ccccc2)n1.ClCCl.ClCCl.O.[Cl-].[Cl-].[Ru+2]. The monoisotopic (exact) mass is 1040 g/mol. The Morgan fingerprint density at radius 2 is 1.03 bits per heavy atom. The summed E-state index contributed by atoms with van der Waals surface area (Å²) in [5, 5.41) is 4.20. The van der Waals surface area contributed by atoms with E-state index in [0.29, 0.717) is 13.8 Å². The van der Waals surface area contributed by atoms with Crippen LogP contribution in [0, 0.1) is 0 Å². The molecule has 4 aliphatic rings. The number of halogens is 6. The summed E-state index contributed by atoms with van der Waals surface area (Å²) in [4.78, 5) is 9.85. The van der Waals surface area contributed by atoms with Gasteiger partial charge in [0.15, 0.2) is 0 Å². The van der Waals surface area contributed by atoms with Crippen LogP contribution in [0.4, 0.5) is 11.4 Å². The first kappa shape index (κ1) is 57.1. The minimum atomic E-state index is -0.217. The normalized spacial score (nSPS) is 20.2. The fourth-order valence-corrected chi connectivity index (χ4v) is 14.0. The van der Waals surface area contributed by atoms with Crippen LogP contribution in [-0.4, -0.2) is 43.8 Å². The maximum atomic E-state index is 5.08. The van der Waals surface area contributed by atoms with Crippen LogP contribution in [-0.2, 0) is 25.0 Å². The van der Waals surface area contributed by atoms with Crippen LogP contribution >= 0.6 is 54.3 Å². The maximum Gasteiger partial charge on any atom is 2.00 e. The van der Waals surface area contributed by atoms with Crippen LogP contribution in [0.1, 0.15) is 133 Å². The Kier molecular flexibility index (Phi) is 30.2. The van der Waals surface area contributed by atoms with Crippen molar-refractivity contribution in [2.24, 2.45) is 4.99 Å². The van der Waals surface area contributed by atoms with Crippen LogP contribution in [0.15, 0.2) is 114 Å². The summed E-state index contributed by atoms with van der Waals surface area (Å²) in [5.74, 6) is 0.378. The van der Waals surface area contributed by atoms with Gasteiger partial charge in [-0.05, 0) is 111 Å². The van der Waals surface area contributed by atoms with Gasteiger partial charge >= 0.3 is 19.5 Å². The molecule has 8 rings (SSSR count). The molecule has 60 heavy (non-hydrogen) atoms. The summed E-state index contributed by atoms with van der Waals surface area (Å²) in [7, 11) is 0.385. The molecule has 4 aliphatic carbocycles. The standard InChI is InChI=1S/C28H25N3.C18H33P.2CH2Cl2.2ClH.H2O.Ru/c1-21(29-23-14-7-3-8-15-23)26-18-11-19-27(30-26)28(31-24-16-9-4-10-17-24)20-25(28)22-12-5-2-6-13-22;1-4-10-16(11-5-1)19(17-12-6-2-7-13-17)18-14-8-3-9-15-18;2*2-1-3;;;;/h2-19,25,31H,20H2,1H3;16-18H,1-15H2;2*1H2;2*1H;1H2;/q;;;;;;;+2/p-2/t25-,28-;;;;;;;/m1......./s1. The van der Waals surface area contributed by atoms with Crippen LogP contribution in [0.3, 0.4) is 0 Å². The molecule has 0 radical (unpaired) electrons. The second-order valence-corrected chi connectivity index (χ2v) is 20.3. The second kappa shape index (κ2) is 31.8. The van der Waals surface area contributed by atoms with Gasteiger partial charge in [-0.25, -0.2) is 4.98 Å². The van der Waals surface area contributed by atoms with Gasteiger partial charge in [-0.3, -0.25) is 4.99 Å². The third-order valence-electron chi connectivity index (χ3n) is 11.9. The van der Waals surface area contributed by atoms with Gasteiger partial charge in [-0.1, -0.05) is 139 Å². The first-order valence-electron chi connectivity index (χ1n) is 21.0. The Hall–Kier alpha value is -0.967. The second-order valence-electron chi connectivity index (χ2n) is 15.6. The Morgan fingerprint density at radius 1 is 0.617 bits per heavy atom. The number of anilines is 1. The van der Waals surface area contributed by atoms with Crippen molar-refractivity contribution in [1.29, 1.82) is 0 Å². The van der Waals surface area contributed by atoms with E-state index < -0.39 is 0 Å². The Bertz CT molecular complexity index is 1650. The zero-order chi connectivity index (χ0) is 39.4. The van der Waals surface area contributed by atoms with Crippen molar-refractivity contribution in [3.63, 3.8) is 0 Å². The van der Waals surface area contributed by atoms with Gasteiger partial charge < -0.3 is 35.6 Å². The van der Waals surface area contributed by atoms with Crippen molar-refractivity contribution in [3.05, 3.63) is 126 Å². The predicted molar refractivity (Wildman–Crippen MR) is 252 cm³/mol. The average Bonchev–Trinajstić information content (AvgIpc) is 3.99. The number of hydrogen-bond donors (Lipinski definition) is 1. The average molecular weight is 1040 g/mol. The molecule has 4 aromatic rings. The summed E-state index contributed by atoms with van der Waals surface area (Å²) in [6.45, 7) is 2.03. The molecule has 4 saturated carbocycles. The van der Waals surface area contributed by atoms with Crippen LogP contribution in [0.25, 0.3) is 0 Å². The number of rotatable bonds is 9. The topological polar surface area (TPSA) is 68.8 Å². The van der Waals surface area contributed by atoms with E-state index in [1.165, 1.54) is 41.8 Å². The predicted octanol–water partition coefficient (Wildman–Crippen LogP) is 9.21. The molecule has 0 bridgehead atoms. The zero-order valence-corrected chi connectivity index (χ0v) is 42.1. The molecule has 0 aliphatic heterocycles. The van der Waals surface area contributed by atoms with E-state index >= 15 is 0 Å². The molecule has 2 atom stereocenters. The number of nitrogens with zero attached hydrogens (tertiary/aromatic N) is 2. The van der Waals surface area contributed by atoms with Crippen LogP contribution < -0.4 is 30.1 Å². The molecule has 0 unspecified atom stereocenters. The van der Waals surface area contributed by atoms with E-state index in [1.807, 2.05) is 49.4 Å². The van der Waals surface area contributed by atoms with Crippen molar-refractivity contribution in [2.75, 3.05) is 16.0 Å². The Balaban J connectivity index is 0.000000537. The van der Waals surface area contributed by atoms with E-state index in [2.05, 4.69) is 72.0 Å². The number of hydrogen-bond acceptors (Lipinski definition) is 3. The number of pyridine rings is 1. The van der Waals surface area contributed by atoms with Gasteiger partial charge in [0, 0.05) is 11.6 Å². The van der Waals surface area contributed by atoms with Crippen molar-refractivity contribution in [1.82, 2.24) is 4.98 Å². The molecule has 332 valence electrons. The van der Waals surface area contributed by atoms with Crippen LogP contribution in [0.2, 0.25) is 0 Å². The summed E-state index contributed by atoms with van der Waals surface area (Å²) in [5.41, 5.74) is 9.64. The van der Waals surface area contributed by atoms with Crippen molar-refractivity contribution in [3.8, 4) is 0 Å². The first-order chi connectivity index (χ1) is 27.5. The summed E-state index contributed by atoms with van der Waals surface area (Å²) in [6.07, 6.45) is 24.6. The molecule has 0 amide bonds. The van der Waals surface area contributed by atoms with Crippen molar-refractivity contribution in [2.45, 2.75) is 138 Å². The smallest absolute Gasteiger partial charge is 1.00 e. The van der Waals surface area contributed by atoms with E-state index in [-0.39, 0.29) is 66.0 Å². The molecular weight excluding hydrogens is 979 g/mol. The molecule has 4 nitrogen and oxygen atoms in total. The number of para-hydroxylation sites is 2. The zero-order valence-electron chi connectivity index (χ0n) is 34.9. The number of aromatic nitrogens is 1. The summed E-state index contributed by atoms with van der Waals surface area (Å²) in [6, 6.07) is 37.4. The quantitative estimate of drug-likeness (QED) is 0.0787. The molecular formula is C48H64Cl6N3OPRu. The molecule has 0 spiro atoms. The largest absolute Gasteiger partial charge is 2.00 e. The molecule has 1 heterocycles. The minimum absolute atomic E-state index is 0. The van der Waals surface area contributed by atoms with Gasteiger partial charge in [0.25, 0.3) is 0 Å². The number of nitrogens with one attached hydrogen (secondary N) is 1. The van der Waals surface area contributed by atoms with Gasteiger partial charge in [0.1, 0.15) is 0 Å². The van der Waals surface area contributed by atoms with E-state index in [0.717, 1.165) is 34.9 Å². The molecule has 3 aromatic carbocycles. The number of benzene rings is 3. The van der Waals surface area contributed by atoms with Gasteiger partial charge in [0.2, 0.25) is 0 Å². The summed E-state index contributed by atoms with van der Waals surface area (Å²) >= 11 is 19.1. The van der Waals surface area contributed by atoms with E-state index in [4.69, 9.17) is 56.4 Å². The van der Waals surface area contributed by atoms with E-state index in [1.54, 1.807) is 77.0 Å². The fraction of sp³-hybridized carbons (Fsp3) is 0.500. The molecule has 3 N–H and O–H groups in total. The molecule has 4 fully saturated rings. The van der Waals surface area contributed by atoms with Crippen LogP contribution in [0.5, 0.6) is 0 Å². The van der Waals surface area contributed by atoms with Crippen molar-refractivity contribution < 1.29 is 49.8 Å². The third-order valence-corrected chi connectivity index (χ3v) is 16.0. The fourth-order valence-electron chi connectivity index (χ4n) is 9.29. The minimum Gasteiger partial charge on any atom is -1.00 e. The molecule has 0 saturated heterocycles. The van der Waals surface area contributed by atoms with Gasteiger partial charge in [-0.15, -0.1) is 46.4 Å². The van der Waals surface area contributed by atoms with Gasteiger partial charge in [0.05, 0.1) is 39.0 Å². The molecule has 1 aromatic heterocycles. The third kappa shape index (κ3) is 17.5. The van der Waals surface area contributed by atoms with Crippen molar-refractivity contribution >= 4 is 71.4 Å². The number of alkyl halides is 4. The molecule has 12 heteroatoms.